The molecule has 15 N–H and O–H groups in total. The van der Waals surface area contributed by atoms with Crippen molar-refractivity contribution in [3.05, 3.63) is 0 Å². The molecule has 0 rings (SSSR count). The summed E-state index contributed by atoms with van der Waals surface area (Å²) in [6, 6.07) is 0. The van der Waals surface area contributed by atoms with Crippen molar-refractivity contribution in [3.8, 4) is 0 Å². The Morgan fingerprint density at radius 1 is 0.900 bits per heavy atom. The predicted octanol–water partition coefficient (Wildman–Crippen LogP) is -7.81. The summed E-state index contributed by atoms with van der Waals surface area (Å²) in [5.41, 5.74) is 4.81. The average molecular weight is 369 g/mol. The molecule has 0 aromatic rings. The van der Waals surface area contributed by atoms with E-state index in [4.69, 9.17) is 20.6 Å². The number of hydrogen-bond acceptors (Lipinski definition) is 6. The van der Waals surface area contributed by atoms with Crippen LogP contribution in [0.3, 0.4) is 0 Å². The fourth-order valence-corrected chi connectivity index (χ4v) is 2.74. The van der Waals surface area contributed by atoms with Crippen LogP contribution in [0, 0.1) is 0 Å². The van der Waals surface area contributed by atoms with Gasteiger partial charge in [0.25, 0.3) is 0 Å². The largest absolute Gasteiger partial charge is 0.776 e. The molecule has 0 aliphatic rings. The third-order valence-corrected chi connectivity index (χ3v) is 5.16. The van der Waals surface area contributed by atoms with Crippen LogP contribution >= 0.6 is 15.2 Å². The summed E-state index contributed by atoms with van der Waals surface area (Å²) in [4.78, 5) is 37.6. The fourth-order valence-electron chi connectivity index (χ4n) is 0.636. The Labute approximate surface area is 158 Å². The van der Waals surface area contributed by atoms with Crippen LogP contribution in [-0.4, -0.2) is 113 Å². The number of rotatable bonds is 4. The van der Waals surface area contributed by atoms with Gasteiger partial charge in [-0.3, -0.25) is 0 Å². The second-order valence-electron chi connectivity index (χ2n) is 2.35. The summed E-state index contributed by atoms with van der Waals surface area (Å²) < 4.78 is 20.9. The van der Waals surface area contributed by atoms with E-state index in [1.165, 1.54) is 0 Å². The van der Waals surface area contributed by atoms with E-state index in [-0.39, 0.29) is 86.5 Å². The van der Waals surface area contributed by atoms with Crippen molar-refractivity contribution in [1.29, 1.82) is 0 Å². The molecule has 0 aromatic heterocycles. The molecule has 17 heteroatoms. The summed E-state index contributed by atoms with van der Waals surface area (Å²) in [6.45, 7) is -0.532. The Kier molecular flexibility index (Phi) is 43.0. The monoisotopic (exact) mass is 369 g/mol. The molecule has 13 nitrogen and oxygen atoms in total. The SMILES string of the molecule is NCCC(O)(P(=O)([O-])O)P(=O)([O-])O.O.O.O.O.O.[Na].[Na]. The predicted molar refractivity (Wildman–Crippen MR) is 67.8 cm³/mol. The topological polar surface area (TPSA) is 324 Å². The molecular weight excluding hydrogens is 350 g/mol. The smallest absolute Gasteiger partial charge is 0.192 e. The first-order chi connectivity index (χ1) is 5.56. The van der Waals surface area contributed by atoms with E-state index in [1.54, 1.807) is 0 Å². The molecule has 0 aliphatic carbocycles. The molecule has 0 saturated carbocycles. The van der Waals surface area contributed by atoms with E-state index in [1.807, 2.05) is 0 Å². The molecule has 0 fully saturated rings. The van der Waals surface area contributed by atoms with E-state index >= 15 is 0 Å². The molecule has 20 heavy (non-hydrogen) atoms. The molecule has 0 aliphatic heterocycles. The maximum absolute atomic E-state index is 10.4. The first-order valence-corrected chi connectivity index (χ1v) is 6.22. The van der Waals surface area contributed by atoms with Gasteiger partial charge in [-0.2, -0.15) is 0 Å². The van der Waals surface area contributed by atoms with Crippen LogP contribution in [0.2, 0.25) is 0 Å². The average Bonchev–Trinajstić information content (AvgIpc) is 1.82. The Balaban J connectivity index is -0.0000000343. The maximum atomic E-state index is 10.4. The van der Waals surface area contributed by atoms with E-state index in [0.29, 0.717) is 0 Å². The Morgan fingerprint density at radius 2 is 1.10 bits per heavy atom. The minimum absolute atomic E-state index is 0. The Bertz CT molecular complexity index is 256. The van der Waals surface area contributed by atoms with Gasteiger partial charge >= 0.3 is 0 Å². The van der Waals surface area contributed by atoms with Gasteiger partial charge in [-0.1, -0.05) is 0 Å². The molecule has 0 spiro atoms. The van der Waals surface area contributed by atoms with E-state index in [2.05, 4.69) is 0 Å². The summed E-state index contributed by atoms with van der Waals surface area (Å²) in [5, 5.41) is 5.36. The van der Waals surface area contributed by atoms with Gasteiger partial charge in [0, 0.05) is 65.5 Å². The van der Waals surface area contributed by atoms with Gasteiger partial charge in [0.1, 0.15) is 0 Å². The van der Waals surface area contributed by atoms with Crippen molar-refractivity contribution in [3.63, 3.8) is 0 Å². The summed E-state index contributed by atoms with van der Waals surface area (Å²) in [7, 11) is -11.3. The minimum Gasteiger partial charge on any atom is -0.776 e. The van der Waals surface area contributed by atoms with Gasteiger partial charge in [-0.25, -0.2) is 0 Å². The molecule has 0 heterocycles. The number of nitrogens with two attached hydrogens (primary N) is 1. The zero-order valence-electron chi connectivity index (χ0n) is 10.9. The second kappa shape index (κ2) is 17.4. The van der Waals surface area contributed by atoms with E-state index in [0.717, 1.165) is 0 Å². The summed E-state index contributed by atoms with van der Waals surface area (Å²) >= 11 is 0. The summed E-state index contributed by atoms with van der Waals surface area (Å²) in [6.07, 6.45) is -0.998. The zero-order valence-corrected chi connectivity index (χ0v) is 16.6. The zero-order chi connectivity index (χ0) is 10.9. The Hall–Kier alpha value is 2.02. The molecule has 2 radical (unpaired) electrons. The van der Waals surface area contributed by atoms with Crippen molar-refractivity contribution >= 4 is 74.3 Å². The Morgan fingerprint density at radius 3 is 1.15 bits per heavy atom. The quantitative estimate of drug-likeness (QED) is 0.271. The van der Waals surface area contributed by atoms with Crippen molar-refractivity contribution < 1.29 is 61.2 Å². The molecule has 2 atom stereocenters. The van der Waals surface area contributed by atoms with E-state index in [9.17, 15) is 18.9 Å². The minimum atomic E-state index is -5.63. The van der Waals surface area contributed by atoms with Crippen LogP contribution in [0.4, 0.5) is 0 Å². The van der Waals surface area contributed by atoms with Gasteiger partial charge in [0.05, 0.1) is 0 Å². The third-order valence-electron chi connectivity index (χ3n) is 1.38. The van der Waals surface area contributed by atoms with Gasteiger partial charge in [-0.15, -0.1) is 0 Å². The summed E-state index contributed by atoms with van der Waals surface area (Å²) in [5.74, 6) is 0. The normalized spacial score (nSPS) is 16.7. The molecule has 2 unspecified atom stereocenters. The standard InChI is InChI=1S/C3H11NO7P2.2Na.5H2O/c4-2-1-3(5,12(6,7)8)13(9,10)11;;;;;;;/h5H,1-2,4H2,(H2,6,7,8)(H2,9,10,11);;;5*1H2/p-2. The fraction of sp³-hybridized carbons (Fsp3) is 1.00. The van der Waals surface area contributed by atoms with E-state index < -0.39 is 33.2 Å². The van der Waals surface area contributed by atoms with Crippen LogP contribution in [0.5, 0.6) is 0 Å². The molecule has 122 valence electrons. The van der Waals surface area contributed by atoms with Crippen LogP contribution in [0.1, 0.15) is 6.42 Å². The first kappa shape index (κ1) is 49.5. The molecule has 0 amide bonds. The van der Waals surface area contributed by atoms with Gasteiger partial charge < -0.3 is 66.9 Å². The molecular formula is C3H19NNa2O12P2-2. The van der Waals surface area contributed by atoms with Crippen LogP contribution in [0.25, 0.3) is 0 Å². The van der Waals surface area contributed by atoms with Crippen molar-refractivity contribution in [2.45, 2.75) is 11.5 Å². The molecule has 0 aromatic carbocycles. The van der Waals surface area contributed by atoms with Gasteiger partial charge in [0.15, 0.2) is 20.3 Å². The van der Waals surface area contributed by atoms with Crippen molar-refractivity contribution in [2.75, 3.05) is 6.54 Å². The van der Waals surface area contributed by atoms with Crippen LogP contribution in [-0.2, 0) is 9.13 Å². The van der Waals surface area contributed by atoms with Crippen molar-refractivity contribution in [2.24, 2.45) is 5.73 Å². The maximum Gasteiger partial charge on any atom is 0.192 e. The van der Waals surface area contributed by atoms with Gasteiger partial charge in [0.2, 0.25) is 0 Å². The second-order valence-corrected chi connectivity index (χ2v) is 6.27. The number of aliphatic hydroxyl groups is 1. The molecule has 0 saturated heterocycles. The molecule has 0 bridgehead atoms. The van der Waals surface area contributed by atoms with Crippen LogP contribution < -0.4 is 15.5 Å². The van der Waals surface area contributed by atoms with Gasteiger partial charge in [-0.05, 0) is 6.54 Å². The van der Waals surface area contributed by atoms with Crippen molar-refractivity contribution in [1.82, 2.24) is 0 Å². The van der Waals surface area contributed by atoms with Crippen LogP contribution in [0.15, 0.2) is 0 Å². The number of hydrogen-bond donors (Lipinski definition) is 4. The first-order valence-electron chi connectivity index (χ1n) is 3.06. The third kappa shape index (κ3) is 12.6.